The number of aryl methyl sites for hydroxylation is 1. The van der Waals surface area contributed by atoms with Gasteiger partial charge < -0.3 is 5.32 Å². The zero-order valence-corrected chi connectivity index (χ0v) is 12.7. The van der Waals surface area contributed by atoms with E-state index >= 15 is 0 Å². The highest BCUT2D eigenvalue weighted by atomic mass is 79.9. The van der Waals surface area contributed by atoms with Crippen LogP contribution in [0.25, 0.3) is 0 Å². The lowest BCUT2D eigenvalue weighted by atomic mass is 10.1. The van der Waals surface area contributed by atoms with E-state index in [1.54, 1.807) is 0 Å². The first-order chi connectivity index (χ1) is 9.13. The van der Waals surface area contributed by atoms with Gasteiger partial charge in [0.1, 0.15) is 16.2 Å². The molecule has 1 heterocycles. The highest BCUT2D eigenvalue weighted by molar-refractivity contribution is 9.10. The molecule has 0 atom stereocenters. The topological polar surface area (TPSA) is 37.8 Å². The first-order valence-corrected chi connectivity index (χ1v) is 7.30. The van der Waals surface area contributed by atoms with Crippen LogP contribution in [-0.2, 0) is 0 Å². The Balaban J connectivity index is 1.92. The summed E-state index contributed by atoms with van der Waals surface area (Å²) in [6.45, 7) is 4.24. The summed E-state index contributed by atoms with van der Waals surface area (Å²) in [4.78, 5) is 9.05. The number of hydrogen-bond acceptors (Lipinski definition) is 3. The lowest BCUT2D eigenvalue weighted by Crippen LogP contribution is -2.01. The molecule has 0 aliphatic heterocycles. The summed E-state index contributed by atoms with van der Waals surface area (Å²) in [7, 11) is 0. The lowest BCUT2D eigenvalue weighted by molar-refractivity contribution is 0.919. The minimum absolute atomic E-state index is 0.552. The van der Waals surface area contributed by atoms with Gasteiger partial charge in [-0.3, -0.25) is 0 Å². The molecule has 0 bridgehead atoms. The van der Waals surface area contributed by atoms with Gasteiger partial charge in [0, 0.05) is 17.7 Å². The van der Waals surface area contributed by atoms with Gasteiger partial charge in [-0.15, -0.1) is 0 Å². The minimum Gasteiger partial charge on any atom is -0.340 e. The number of nitrogens with one attached hydrogen (secondary N) is 1. The first kappa shape index (κ1) is 12.6. The third-order valence-corrected chi connectivity index (χ3v) is 3.93. The maximum atomic E-state index is 4.61. The number of anilines is 2. The summed E-state index contributed by atoms with van der Waals surface area (Å²) >= 11 is 3.46. The fourth-order valence-corrected chi connectivity index (χ4v) is 2.45. The molecule has 1 aliphatic carbocycles. The smallest absolute Gasteiger partial charge is 0.135 e. The number of nitrogens with zero attached hydrogens (tertiary/aromatic N) is 2. The van der Waals surface area contributed by atoms with Crippen LogP contribution in [0.15, 0.2) is 28.9 Å². The third kappa shape index (κ3) is 2.78. The maximum absolute atomic E-state index is 4.61. The quantitative estimate of drug-likeness (QED) is 0.848. The van der Waals surface area contributed by atoms with Crippen LogP contribution in [0.4, 0.5) is 11.5 Å². The summed E-state index contributed by atoms with van der Waals surface area (Å²) in [5.41, 5.74) is 3.64. The van der Waals surface area contributed by atoms with E-state index < -0.39 is 0 Å². The Morgan fingerprint density at radius 1 is 1.21 bits per heavy atom. The number of aromatic nitrogens is 2. The lowest BCUT2D eigenvalue weighted by Gasteiger charge is -2.11. The molecule has 0 radical (unpaired) electrons. The fourth-order valence-electron chi connectivity index (χ4n) is 2.05. The van der Waals surface area contributed by atoms with Gasteiger partial charge in [-0.25, -0.2) is 9.97 Å². The molecular weight excluding hydrogens is 302 g/mol. The van der Waals surface area contributed by atoms with Crippen molar-refractivity contribution in [3.05, 3.63) is 45.8 Å². The Bertz CT molecular complexity index is 621. The number of rotatable bonds is 3. The van der Waals surface area contributed by atoms with Gasteiger partial charge in [0.25, 0.3) is 0 Å². The van der Waals surface area contributed by atoms with Gasteiger partial charge >= 0.3 is 0 Å². The summed E-state index contributed by atoms with van der Waals surface area (Å²) < 4.78 is 0.845. The SMILES string of the molecule is Cc1cccc(Nc2cc(Br)nc(C3CC3)n2)c1C. The molecule has 1 aliphatic rings. The Kier molecular flexibility index (Phi) is 3.27. The fraction of sp³-hybridized carbons (Fsp3) is 0.333. The molecule has 1 aromatic carbocycles. The van der Waals surface area contributed by atoms with Crippen molar-refractivity contribution in [2.24, 2.45) is 0 Å². The van der Waals surface area contributed by atoms with E-state index in [0.29, 0.717) is 5.92 Å². The van der Waals surface area contributed by atoms with Crippen molar-refractivity contribution in [3.8, 4) is 0 Å². The van der Waals surface area contributed by atoms with E-state index in [1.807, 2.05) is 6.07 Å². The Morgan fingerprint density at radius 2 is 2.00 bits per heavy atom. The molecule has 3 rings (SSSR count). The first-order valence-electron chi connectivity index (χ1n) is 6.51. The number of benzene rings is 1. The van der Waals surface area contributed by atoms with Crippen LogP contribution in [0.2, 0.25) is 0 Å². The van der Waals surface area contributed by atoms with E-state index in [4.69, 9.17) is 0 Å². The van der Waals surface area contributed by atoms with Crippen LogP contribution in [0.5, 0.6) is 0 Å². The van der Waals surface area contributed by atoms with Crippen LogP contribution in [0.3, 0.4) is 0 Å². The molecule has 2 aromatic rings. The highest BCUT2D eigenvalue weighted by Crippen LogP contribution is 2.39. The molecule has 0 saturated heterocycles. The summed E-state index contributed by atoms with van der Waals surface area (Å²) in [5, 5.41) is 3.40. The van der Waals surface area contributed by atoms with E-state index in [-0.39, 0.29) is 0 Å². The van der Waals surface area contributed by atoms with Crippen LogP contribution in [-0.4, -0.2) is 9.97 Å². The van der Waals surface area contributed by atoms with Gasteiger partial charge in [-0.2, -0.15) is 0 Å². The maximum Gasteiger partial charge on any atom is 0.135 e. The second-order valence-electron chi connectivity index (χ2n) is 5.08. The normalized spacial score (nSPS) is 14.5. The van der Waals surface area contributed by atoms with Crippen molar-refractivity contribution in [2.75, 3.05) is 5.32 Å². The molecule has 3 nitrogen and oxygen atoms in total. The standard InChI is InChI=1S/C15H16BrN3/c1-9-4-3-5-12(10(9)2)17-14-8-13(16)18-15(19-14)11-6-7-11/h3-5,8,11H,6-7H2,1-2H3,(H,17,18,19). The Labute approximate surface area is 121 Å². The zero-order valence-electron chi connectivity index (χ0n) is 11.1. The molecule has 98 valence electrons. The zero-order chi connectivity index (χ0) is 13.4. The second-order valence-corrected chi connectivity index (χ2v) is 5.89. The number of hydrogen-bond donors (Lipinski definition) is 1. The van der Waals surface area contributed by atoms with E-state index in [2.05, 4.69) is 63.3 Å². The molecule has 1 saturated carbocycles. The predicted octanol–water partition coefficient (Wildman–Crippen LogP) is 4.48. The van der Waals surface area contributed by atoms with E-state index in [1.165, 1.54) is 24.0 Å². The van der Waals surface area contributed by atoms with Gasteiger partial charge in [-0.1, -0.05) is 12.1 Å². The molecule has 0 unspecified atom stereocenters. The molecule has 19 heavy (non-hydrogen) atoms. The van der Waals surface area contributed by atoms with Crippen molar-refractivity contribution in [1.29, 1.82) is 0 Å². The van der Waals surface area contributed by atoms with Gasteiger partial charge in [-0.05, 0) is 59.8 Å². The van der Waals surface area contributed by atoms with E-state index in [0.717, 1.165) is 21.9 Å². The number of halogens is 1. The second kappa shape index (κ2) is 4.93. The summed E-state index contributed by atoms with van der Waals surface area (Å²) in [6.07, 6.45) is 2.42. The minimum atomic E-state index is 0.552. The van der Waals surface area contributed by atoms with Crippen LogP contribution < -0.4 is 5.32 Å². The van der Waals surface area contributed by atoms with Gasteiger partial charge in [0.15, 0.2) is 0 Å². The van der Waals surface area contributed by atoms with Gasteiger partial charge in [0.05, 0.1) is 0 Å². The molecule has 1 N–H and O–H groups in total. The average Bonchev–Trinajstić information content (AvgIpc) is 3.18. The van der Waals surface area contributed by atoms with Crippen LogP contribution >= 0.6 is 15.9 Å². The Morgan fingerprint density at radius 3 is 2.74 bits per heavy atom. The largest absolute Gasteiger partial charge is 0.340 e. The molecule has 4 heteroatoms. The molecule has 1 fully saturated rings. The highest BCUT2D eigenvalue weighted by Gasteiger charge is 2.27. The van der Waals surface area contributed by atoms with Crippen molar-refractivity contribution in [2.45, 2.75) is 32.6 Å². The van der Waals surface area contributed by atoms with Crippen molar-refractivity contribution >= 4 is 27.4 Å². The van der Waals surface area contributed by atoms with Gasteiger partial charge in [0.2, 0.25) is 0 Å². The molecule has 0 spiro atoms. The molecule has 1 aromatic heterocycles. The molecular formula is C15H16BrN3. The van der Waals surface area contributed by atoms with Crippen LogP contribution in [0, 0.1) is 13.8 Å². The molecule has 0 amide bonds. The monoisotopic (exact) mass is 317 g/mol. The summed E-state index contributed by atoms with van der Waals surface area (Å²) in [5.74, 6) is 2.36. The predicted molar refractivity (Wildman–Crippen MR) is 80.9 cm³/mol. The van der Waals surface area contributed by atoms with Crippen molar-refractivity contribution in [3.63, 3.8) is 0 Å². The summed E-state index contributed by atoms with van der Waals surface area (Å²) in [6, 6.07) is 8.18. The Hall–Kier alpha value is -1.42. The average molecular weight is 318 g/mol. The van der Waals surface area contributed by atoms with E-state index in [9.17, 15) is 0 Å². The third-order valence-electron chi connectivity index (χ3n) is 3.52. The van der Waals surface area contributed by atoms with Crippen LogP contribution in [0.1, 0.15) is 35.7 Å². The van der Waals surface area contributed by atoms with Crippen molar-refractivity contribution < 1.29 is 0 Å². The van der Waals surface area contributed by atoms with Crippen molar-refractivity contribution in [1.82, 2.24) is 9.97 Å².